The standard InChI is InChI=1S/C24H35N5O2.HI/c1-25-24(26-19-20-9-5-7-11-22(20)31-18-17-27(2)3)29-15-13-28(14-16-29)21-10-6-8-12-23(21)30-4;/h5-12H,13-19H2,1-4H3,(H,25,26);1H. The summed E-state index contributed by atoms with van der Waals surface area (Å²) < 4.78 is 11.5. The summed E-state index contributed by atoms with van der Waals surface area (Å²) in [5, 5.41) is 3.51. The third-order valence-corrected chi connectivity index (χ3v) is 5.42. The van der Waals surface area contributed by atoms with Crippen molar-refractivity contribution in [3.8, 4) is 11.5 Å². The second-order valence-corrected chi connectivity index (χ2v) is 7.81. The van der Waals surface area contributed by atoms with E-state index in [0.29, 0.717) is 13.2 Å². The first-order valence-electron chi connectivity index (χ1n) is 10.8. The fourth-order valence-corrected chi connectivity index (χ4v) is 3.69. The average Bonchev–Trinajstić information content (AvgIpc) is 2.80. The minimum absolute atomic E-state index is 0. The van der Waals surface area contributed by atoms with Crippen molar-refractivity contribution in [1.82, 2.24) is 15.1 Å². The van der Waals surface area contributed by atoms with Crippen LogP contribution in [0.4, 0.5) is 5.69 Å². The summed E-state index contributed by atoms with van der Waals surface area (Å²) in [7, 11) is 7.67. The van der Waals surface area contributed by atoms with Crippen molar-refractivity contribution in [2.45, 2.75) is 6.54 Å². The van der Waals surface area contributed by atoms with E-state index in [0.717, 1.165) is 61.4 Å². The molecule has 32 heavy (non-hydrogen) atoms. The molecule has 1 N–H and O–H groups in total. The van der Waals surface area contributed by atoms with E-state index in [1.165, 1.54) is 0 Å². The van der Waals surface area contributed by atoms with Crippen LogP contribution in [-0.4, -0.2) is 83.3 Å². The number of nitrogens with zero attached hydrogens (tertiary/aromatic N) is 4. The van der Waals surface area contributed by atoms with Crippen LogP contribution in [0.2, 0.25) is 0 Å². The number of ether oxygens (including phenoxy) is 2. The number of rotatable bonds is 8. The zero-order valence-electron chi connectivity index (χ0n) is 19.6. The van der Waals surface area contributed by atoms with Crippen LogP contribution >= 0.6 is 24.0 Å². The van der Waals surface area contributed by atoms with Crippen molar-refractivity contribution in [2.75, 3.05) is 72.5 Å². The zero-order valence-corrected chi connectivity index (χ0v) is 21.9. The molecule has 0 amide bonds. The van der Waals surface area contributed by atoms with E-state index in [2.05, 4.69) is 57.3 Å². The van der Waals surface area contributed by atoms with Gasteiger partial charge in [-0.25, -0.2) is 0 Å². The highest BCUT2D eigenvalue weighted by Gasteiger charge is 2.21. The highest BCUT2D eigenvalue weighted by atomic mass is 127. The smallest absolute Gasteiger partial charge is 0.194 e. The molecule has 8 heteroatoms. The Morgan fingerprint density at radius 2 is 1.66 bits per heavy atom. The van der Waals surface area contributed by atoms with E-state index in [1.54, 1.807) is 7.11 Å². The molecule has 2 aromatic carbocycles. The van der Waals surface area contributed by atoms with Gasteiger partial charge < -0.3 is 29.5 Å². The zero-order chi connectivity index (χ0) is 22.1. The molecule has 7 nitrogen and oxygen atoms in total. The first kappa shape index (κ1) is 26.1. The molecule has 0 aliphatic carbocycles. The molecular weight excluding hydrogens is 517 g/mol. The van der Waals surface area contributed by atoms with Gasteiger partial charge in [0, 0.05) is 51.9 Å². The number of likely N-dealkylation sites (N-methyl/N-ethyl adjacent to an activating group) is 1. The van der Waals surface area contributed by atoms with Crippen LogP contribution in [0.25, 0.3) is 0 Å². The van der Waals surface area contributed by atoms with E-state index in [4.69, 9.17) is 9.47 Å². The molecule has 0 bridgehead atoms. The van der Waals surface area contributed by atoms with Gasteiger partial charge in [0.2, 0.25) is 0 Å². The van der Waals surface area contributed by atoms with E-state index in [9.17, 15) is 0 Å². The number of para-hydroxylation sites is 3. The number of hydrogen-bond donors (Lipinski definition) is 1. The third kappa shape index (κ3) is 7.16. The Morgan fingerprint density at radius 3 is 2.31 bits per heavy atom. The van der Waals surface area contributed by atoms with Crippen LogP contribution in [0.5, 0.6) is 11.5 Å². The molecule has 1 aliphatic rings. The number of hydrogen-bond acceptors (Lipinski definition) is 5. The topological polar surface area (TPSA) is 52.6 Å². The first-order valence-corrected chi connectivity index (χ1v) is 10.8. The van der Waals surface area contributed by atoms with Gasteiger partial charge in [-0.05, 0) is 32.3 Å². The van der Waals surface area contributed by atoms with Gasteiger partial charge in [0.1, 0.15) is 18.1 Å². The second kappa shape index (κ2) is 13.4. The van der Waals surface area contributed by atoms with Crippen molar-refractivity contribution >= 4 is 35.6 Å². The number of methoxy groups -OCH3 is 1. The predicted octanol–water partition coefficient (Wildman–Crippen LogP) is 3.15. The summed E-state index contributed by atoms with van der Waals surface area (Å²) in [5.41, 5.74) is 2.28. The highest BCUT2D eigenvalue weighted by Crippen LogP contribution is 2.28. The van der Waals surface area contributed by atoms with Crippen LogP contribution in [-0.2, 0) is 6.54 Å². The summed E-state index contributed by atoms with van der Waals surface area (Å²) in [5.74, 6) is 2.76. The Hall–Kier alpha value is -2.20. The molecule has 0 aromatic heterocycles. The van der Waals surface area contributed by atoms with Gasteiger partial charge in [-0.3, -0.25) is 4.99 Å². The predicted molar refractivity (Wildman–Crippen MR) is 143 cm³/mol. The van der Waals surface area contributed by atoms with Crippen LogP contribution in [0.15, 0.2) is 53.5 Å². The maximum absolute atomic E-state index is 5.99. The van der Waals surface area contributed by atoms with E-state index < -0.39 is 0 Å². The number of piperazine rings is 1. The quantitative estimate of drug-likeness (QED) is 0.308. The molecule has 1 heterocycles. The van der Waals surface area contributed by atoms with Gasteiger partial charge in [-0.2, -0.15) is 0 Å². The fourth-order valence-electron chi connectivity index (χ4n) is 3.69. The number of guanidine groups is 1. The van der Waals surface area contributed by atoms with Crippen molar-refractivity contribution in [2.24, 2.45) is 4.99 Å². The van der Waals surface area contributed by atoms with Gasteiger partial charge in [0.05, 0.1) is 12.8 Å². The molecule has 1 fully saturated rings. The highest BCUT2D eigenvalue weighted by molar-refractivity contribution is 14.0. The second-order valence-electron chi connectivity index (χ2n) is 7.81. The molecule has 2 aromatic rings. The van der Waals surface area contributed by atoms with E-state index >= 15 is 0 Å². The Morgan fingerprint density at radius 1 is 1.00 bits per heavy atom. The lowest BCUT2D eigenvalue weighted by Gasteiger charge is -2.38. The Bertz CT molecular complexity index is 854. The van der Waals surface area contributed by atoms with Crippen LogP contribution in [0.3, 0.4) is 0 Å². The van der Waals surface area contributed by atoms with Gasteiger partial charge in [-0.15, -0.1) is 24.0 Å². The van der Waals surface area contributed by atoms with Crippen LogP contribution in [0.1, 0.15) is 5.56 Å². The molecule has 0 spiro atoms. The molecule has 0 atom stereocenters. The molecular formula is C24H36IN5O2. The maximum atomic E-state index is 5.99. The minimum Gasteiger partial charge on any atom is -0.495 e. The largest absolute Gasteiger partial charge is 0.495 e. The fraction of sp³-hybridized carbons (Fsp3) is 0.458. The number of nitrogens with one attached hydrogen (secondary N) is 1. The van der Waals surface area contributed by atoms with Crippen molar-refractivity contribution in [1.29, 1.82) is 0 Å². The lowest BCUT2D eigenvalue weighted by Crippen LogP contribution is -2.52. The van der Waals surface area contributed by atoms with Gasteiger partial charge in [-0.1, -0.05) is 30.3 Å². The minimum atomic E-state index is 0. The van der Waals surface area contributed by atoms with Crippen molar-refractivity contribution < 1.29 is 9.47 Å². The lowest BCUT2D eigenvalue weighted by atomic mass is 10.2. The monoisotopic (exact) mass is 553 g/mol. The Balaban J connectivity index is 0.00000363. The average molecular weight is 553 g/mol. The van der Waals surface area contributed by atoms with Crippen LogP contribution < -0.4 is 19.7 Å². The molecule has 0 unspecified atom stereocenters. The number of anilines is 1. The van der Waals surface area contributed by atoms with Crippen molar-refractivity contribution in [3.63, 3.8) is 0 Å². The number of benzene rings is 2. The SMILES string of the molecule is CN=C(NCc1ccccc1OCCN(C)C)N1CCN(c2ccccc2OC)CC1.I. The van der Waals surface area contributed by atoms with Gasteiger partial charge >= 0.3 is 0 Å². The summed E-state index contributed by atoms with van der Waals surface area (Å²) in [6.07, 6.45) is 0. The van der Waals surface area contributed by atoms with Gasteiger partial charge in [0.15, 0.2) is 5.96 Å². The number of halogens is 1. The Kier molecular flexibility index (Phi) is 10.9. The summed E-state index contributed by atoms with van der Waals surface area (Å²) in [6.45, 7) is 5.88. The molecule has 176 valence electrons. The normalized spacial score (nSPS) is 14.2. The number of aliphatic imine (C=N–C) groups is 1. The summed E-state index contributed by atoms with van der Waals surface area (Å²) in [6, 6.07) is 16.4. The lowest BCUT2D eigenvalue weighted by molar-refractivity contribution is 0.259. The van der Waals surface area contributed by atoms with Gasteiger partial charge in [0.25, 0.3) is 0 Å². The summed E-state index contributed by atoms with van der Waals surface area (Å²) in [4.78, 5) is 11.3. The Labute approximate surface area is 209 Å². The first-order chi connectivity index (χ1) is 15.1. The molecule has 0 radical (unpaired) electrons. The molecule has 1 saturated heterocycles. The molecule has 3 rings (SSSR count). The van der Waals surface area contributed by atoms with Crippen LogP contribution in [0, 0.1) is 0 Å². The maximum Gasteiger partial charge on any atom is 0.194 e. The molecule has 0 saturated carbocycles. The molecule has 1 aliphatic heterocycles. The van der Waals surface area contributed by atoms with Crippen molar-refractivity contribution in [3.05, 3.63) is 54.1 Å². The van der Waals surface area contributed by atoms with E-state index in [1.807, 2.05) is 37.4 Å². The third-order valence-electron chi connectivity index (χ3n) is 5.42. The van der Waals surface area contributed by atoms with E-state index in [-0.39, 0.29) is 24.0 Å². The summed E-state index contributed by atoms with van der Waals surface area (Å²) >= 11 is 0.